The molecule has 51 heavy (non-hydrogen) atoms. The van der Waals surface area contributed by atoms with E-state index in [1.165, 1.54) is 60.1 Å². The van der Waals surface area contributed by atoms with Gasteiger partial charge < -0.3 is 8.98 Å². The third-order valence-electron chi connectivity index (χ3n) is 11.2. The second-order valence-corrected chi connectivity index (χ2v) is 13.7. The van der Waals surface area contributed by atoms with Crippen LogP contribution in [0.5, 0.6) is 0 Å². The van der Waals surface area contributed by atoms with Gasteiger partial charge in [-0.25, -0.2) is 0 Å². The average Bonchev–Trinajstić information content (AvgIpc) is 3.84. The van der Waals surface area contributed by atoms with E-state index < -0.39 is 0 Å². The molecule has 0 fully saturated rings. The van der Waals surface area contributed by atoms with Gasteiger partial charge in [0.05, 0.1) is 22.1 Å². The van der Waals surface area contributed by atoms with Gasteiger partial charge in [0.2, 0.25) is 6.71 Å². The van der Waals surface area contributed by atoms with Crippen LogP contribution in [0.25, 0.3) is 93.1 Å². The minimum Gasteiger partial charge on any atom is -0.456 e. The van der Waals surface area contributed by atoms with Crippen molar-refractivity contribution in [1.82, 2.24) is 14.5 Å². The van der Waals surface area contributed by atoms with E-state index in [-0.39, 0.29) is 6.71 Å². The number of furan rings is 1. The lowest BCUT2D eigenvalue weighted by Gasteiger charge is -2.17. The average molecular weight is 648 g/mol. The summed E-state index contributed by atoms with van der Waals surface area (Å²) in [4.78, 5) is 9.69. The molecule has 1 aliphatic heterocycles. The van der Waals surface area contributed by atoms with Gasteiger partial charge in [0.25, 0.3) is 0 Å². The predicted molar refractivity (Wildman–Crippen MR) is 213 cm³/mol. The van der Waals surface area contributed by atoms with E-state index in [0.717, 1.165) is 49.4 Å². The SMILES string of the molecule is c1ccc2c(c1)B(c1ccc(-n3c4ccccc4c4cc5oc6ccccc6c5cc43)cc1)c1c-2ccc2c3cccnc3c3ncccc3c12. The minimum absolute atomic E-state index is 0.0709. The summed E-state index contributed by atoms with van der Waals surface area (Å²) in [5.74, 6) is 0. The Kier molecular flexibility index (Phi) is 5.29. The molecular formula is C46H26BN3O. The van der Waals surface area contributed by atoms with Crippen LogP contribution in [0.3, 0.4) is 0 Å². The number of rotatable bonds is 2. The molecule has 7 aromatic carbocycles. The molecule has 0 radical (unpaired) electrons. The Balaban J connectivity index is 1.10. The van der Waals surface area contributed by atoms with Crippen LogP contribution in [0.15, 0.2) is 162 Å². The predicted octanol–water partition coefficient (Wildman–Crippen LogP) is 9.43. The summed E-state index contributed by atoms with van der Waals surface area (Å²) in [5.41, 5.74) is 13.7. The number of hydrogen-bond donors (Lipinski definition) is 0. The third-order valence-corrected chi connectivity index (χ3v) is 11.2. The lowest BCUT2D eigenvalue weighted by Crippen LogP contribution is -2.49. The molecule has 0 bridgehead atoms. The van der Waals surface area contributed by atoms with Crippen molar-refractivity contribution in [1.29, 1.82) is 0 Å². The largest absolute Gasteiger partial charge is 0.456 e. The molecule has 1 aliphatic rings. The van der Waals surface area contributed by atoms with Gasteiger partial charge in [-0.15, -0.1) is 0 Å². The maximum absolute atomic E-state index is 6.32. The van der Waals surface area contributed by atoms with Crippen LogP contribution in [0.1, 0.15) is 0 Å². The van der Waals surface area contributed by atoms with Gasteiger partial charge in [0.1, 0.15) is 11.2 Å². The van der Waals surface area contributed by atoms with Crippen LogP contribution in [0, 0.1) is 0 Å². The summed E-state index contributed by atoms with van der Waals surface area (Å²) < 4.78 is 8.72. The smallest absolute Gasteiger partial charge is 0.243 e. The second kappa shape index (κ2) is 9.93. The van der Waals surface area contributed by atoms with Gasteiger partial charge in [-0.3, -0.25) is 9.97 Å². The van der Waals surface area contributed by atoms with Crippen molar-refractivity contribution >= 4 is 99.4 Å². The monoisotopic (exact) mass is 647 g/mol. The summed E-state index contributed by atoms with van der Waals surface area (Å²) in [7, 11) is 0. The van der Waals surface area contributed by atoms with Gasteiger partial charge in [0.15, 0.2) is 0 Å². The molecule has 0 N–H and O–H groups in total. The molecule has 5 heteroatoms. The van der Waals surface area contributed by atoms with Crippen LogP contribution in [0.4, 0.5) is 0 Å². The fourth-order valence-corrected chi connectivity index (χ4v) is 9.05. The van der Waals surface area contributed by atoms with Crippen molar-refractivity contribution in [3.63, 3.8) is 0 Å². The first-order valence-corrected chi connectivity index (χ1v) is 17.4. The van der Waals surface area contributed by atoms with E-state index in [2.05, 4.69) is 126 Å². The molecule has 11 aromatic rings. The number of hydrogen-bond acceptors (Lipinski definition) is 3. The van der Waals surface area contributed by atoms with Crippen molar-refractivity contribution in [2.75, 3.05) is 0 Å². The summed E-state index contributed by atoms with van der Waals surface area (Å²) in [6.07, 6.45) is 3.75. The summed E-state index contributed by atoms with van der Waals surface area (Å²) in [5, 5.41) is 9.44. The maximum Gasteiger partial charge on any atom is 0.243 e. The molecule has 0 saturated heterocycles. The lowest BCUT2D eigenvalue weighted by atomic mass is 9.38. The van der Waals surface area contributed by atoms with Crippen LogP contribution in [0.2, 0.25) is 0 Å². The first kappa shape index (κ1) is 27.1. The molecule has 0 spiro atoms. The van der Waals surface area contributed by atoms with Crippen LogP contribution < -0.4 is 16.4 Å². The number of benzene rings is 7. The normalized spacial score (nSPS) is 12.7. The van der Waals surface area contributed by atoms with Crippen molar-refractivity contribution in [3.05, 3.63) is 158 Å². The number of para-hydroxylation sites is 2. The standard InChI is InChI=1S/C46H26BN3O/c1-4-14-38-29(9-1)33-22-21-32-34-12-7-23-48-45(34)46-35(13-8-24-49-46)43(32)44(33)47(38)27-17-19-28(20-18-27)50-39-15-5-2-10-30(39)36-26-42-37(25-40(36)50)31-11-3-6-16-41(31)51-42/h1-26H. The van der Waals surface area contributed by atoms with Crippen molar-refractivity contribution < 1.29 is 4.42 Å². The van der Waals surface area contributed by atoms with Gasteiger partial charge >= 0.3 is 0 Å². The Hall–Kier alpha value is -6.72. The van der Waals surface area contributed by atoms with Gasteiger partial charge in [-0.1, -0.05) is 113 Å². The van der Waals surface area contributed by atoms with Crippen molar-refractivity contribution in [2.45, 2.75) is 0 Å². The van der Waals surface area contributed by atoms with Gasteiger partial charge in [0, 0.05) is 50.4 Å². The summed E-state index contributed by atoms with van der Waals surface area (Å²) in [6.45, 7) is 0.0709. The lowest BCUT2D eigenvalue weighted by molar-refractivity contribution is 0.669. The van der Waals surface area contributed by atoms with Crippen LogP contribution >= 0.6 is 0 Å². The Labute approximate surface area is 292 Å². The Bertz CT molecular complexity index is 3230. The van der Waals surface area contributed by atoms with E-state index in [1.54, 1.807) is 0 Å². The summed E-state index contributed by atoms with van der Waals surface area (Å²) >= 11 is 0. The topological polar surface area (TPSA) is 43.9 Å². The molecule has 0 saturated carbocycles. The molecule has 4 nitrogen and oxygen atoms in total. The van der Waals surface area contributed by atoms with Crippen molar-refractivity contribution in [2.24, 2.45) is 0 Å². The number of fused-ring (bicyclic) bond motifs is 16. The fourth-order valence-electron chi connectivity index (χ4n) is 9.05. The highest BCUT2D eigenvalue weighted by Gasteiger charge is 2.35. The zero-order chi connectivity index (χ0) is 33.2. The van der Waals surface area contributed by atoms with Gasteiger partial charge in [-0.05, 0) is 70.4 Å². The molecule has 0 amide bonds. The molecular weight excluding hydrogens is 621 g/mol. The fraction of sp³-hybridized carbons (Fsp3) is 0. The zero-order valence-corrected chi connectivity index (χ0v) is 27.3. The number of aromatic nitrogens is 3. The summed E-state index contributed by atoms with van der Waals surface area (Å²) in [6, 6.07) is 52.8. The first-order chi connectivity index (χ1) is 25.3. The quantitative estimate of drug-likeness (QED) is 0.139. The number of nitrogens with zero attached hydrogens (tertiary/aromatic N) is 3. The molecule has 4 aromatic heterocycles. The van der Waals surface area contributed by atoms with E-state index in [4.69, 9.17) is 14.4 Å². The highest BCUT2D eigenvalue weighted by atomic mass is 16.3. The van der Waals surface area contributed by atoms with E-state index >= 15 is 0 Å². The second-order valence-electron chi connectivity index (χ2n) is 13.7. The van der Waals surface area contributed by atoms with Gasteiger partial charge in [-0.2, -0.15) is 0 Å². The highest BCUT2D eigenvalue weighted by molar-refractivity contribution is 7.00. The zero-order valence-electron chi connectivity index (χ0n) is 27.3. The molecule has 0 unspecified atom stereocenters. The van der Waals surface area contributed by atoms with E-state index in [1.807, 2.05) is 36.7 Å². The molecule has 0 aliphatic carbocycles. The number of pyridine rings is 2. The highest BCUT2D eigenvalue weighted by Crippen LogP contribution is 2.39. The van der Waals surface area contributed by atoms with E-state index in [9.17, 15) is 0 Å². The van der Waals surface area contributed by atoms with Crippen LogP contribution in [-0.2, 0) is 0 Å². The Morgan fingerprint density at radius 3 is 2.08 bits per heavy atom. The van der Waals surface area contributed by atoms with Crippen molar-refractivity contribution in [3.8, 4) is 16.8 Å². The molecule has 12 rings (SSSR count). The van der Waals surface area contributed by atoms with E-state index in [0.29, 0.717) is 0 Å². The first-order valence-electron chi connectivity index (χ1n) is 17.4. The van der Waals surface area contributed by atoms with Crippen LogP contribution in [-0.4, -0.2) is 21.2 Å². The Morgan fingerprint density at radius 2 is 1.20 bits per heavy atom. The molecule has 0 atom stereocenters. The molecule has 234 valence electrons. The minimum atomic E-state index is 0.0709. The third kappa shape index (κ3) is 3.59. The maximum atomic E-state index is 6.32. The Morgan fingerprint density at radius 1 is 0.471 bits per heavy atom. The molecule has 5 heterocycles.